The van der Waals surface area contributed by atoms with Gasteiger partial charge < -0.3 is 14.4 Å². The summed E-state index contributed by atoms with van der Waals surface area (Å²) in [5.74, 6) is -0.127. The molecule has 29 heavy (non-hydrogen) atoms. The molecular formula is C20H22N6O3. The molecular weight excluding hydrogens is 372 g/mol. The number of fused-ring (bicyclic) bond motifs is 2. The van der Waals surface area contributed by atoms with Gasteiger partial charge in [0.15, 0.2) is 5.92 Å². The zero-order valence-electron chi connectivity index (χ0n) is 16.4. The lowest BCUT2D eigenvalue weighted by atomic mass is 10.0. The van der Waals surface area contributed by atoms with Gasteiger partial charge in [0, 0.05) is 58.3 Å². The Balaban J connectivity index is 1.29. The molecule has 0 aliphatic carbocycles. The first kappa shape index (κ1) is 17.8. The number of anilines is 1. The molecule has 9 nitrogen and oxygen atoms in total. The van der Waals surface area contributed by atoms with Gasteiger partial charge in [-0.3, -0.25) is 14.5 Å². The van der Waals surface area contributed by atoms with Crippen LogP contribution in [0.1, 0.15) is 0 Å². The van der Waals surface area contributed by atoms with Crippen molar-refractivity contribution in [3.8, 4) is 0 Å². The molecule has 3 aliphatic rings. The Morgan fingerprint density at radius 1 is 1.03 bits per heavy atom. The van der Waals surface area contributed by atoms with Crippen molar-refractivity contribution in [1.29, 1.82) is 0 Å². The summed E-state index contributed by atoms with van der Waals surface area (Å²) in [7, 11) is 3.38. The average molecular weight is 394 g/mol. The van der Waals surface area contributed by atoms with Gasteiger partial charge in [-0.1, -0.05) is 12.1 Å². The molecule has 3 unspecified atom stereocenters. The van der Waals surface area contributed by atoms with Gasteiger partial charge in [0.2, 0.25) is 17.8 Å². The van der Waals surface area contributed by atoms with Crippen LogP contribution in [0.15, 0.2) is 29.3 Å². The number of hydrogen-bond donors (Lipinski definition) is 0. The topological polar surface area (TPSA) is 91.1 Å². The van der Waals surface area contributed by atoms with Crippen LogP contribution in [-0.2, 0) is 16.6 Å². The molecule has 9 heteroatoms. The highest BCUT2D eigenvalue weighted by molar-refractivity contribution is 6.20. The normalized spacial score (nSPS) is 26.7. The van der Waals surface area contributed by atoms with Crippen LogP contribution in [0, 0.1) is 17.8 Å². The molecule has 3 aliphatic heterocycles. The summed E-state index contributed by atoms with van der Waals surface area (Å²) in [6.45, 7) is 2.88. The van der Waals surface area contributed by atoms with Gasteiger partial charge in [-0.25, -0.2) is 14.8 Å². The van der Waals surface area contributed by atoms with Crippen LogP contribution in [0.3, 0.4) is 0 Å². The third kappa shape index (κ3) is 2.72. The SMILES string of the molecule is CN1C(=O)N=CC(C(=O)N2CC3CN(c4nc5ccccc5n4C)CC3C2)C1=O. The van der Waals surface area contributed by atoms with E-state index in [2.05, 4.69) is 20.5 Å². The molecule has 5 rings (SSSR count). The molecule has 4 amide bonds. The molecule has 2 fully saturated rings. The Morgan fingerprint density at radius 3 is 2.41 bits per heavy atom. The van der Waals surface area contributed by atoms with Crippen molar-refractivity contribution in [2.45, 2.75) is 0 Å². The van der Waals surface area contributed by atoms with Gasteiger partial charge in [-0.15, -0.1) is 0 Å². The predicted octanol–water partition coefficient (Wildman–Crippen LogP) is 0.747. The molecule has 4 heterocycles. The second-order valence-electron chi connectivity index (χ2n) is 8.06. The number of urea groups is 1. The van der Waals surface area contributed by atoms with Gasteiger partial charge in [-0.05, 0) is 12.1 Å². The number of para-hydroxylation sites is 2. The van der Waals surface area contributed by atoms with E-state index in [1.807, 2.05) is 25.2 Å². The number of carbonyl (C=O) groups excluding carboxylic acids is 3. The average Bonchev–Trinajstić information content (AvgIpc) is 3.37. The van der Waals surface area contributed by atoms with Crippen molar-refractivity contribution in [1.82, 2.24) is 19.4 Å². The first-order valence-corrected chi connectivity index (χ1v) is 9.75. The number of nitrogens with zero attached hydrogens (tertiary/aromatic N) is 6. The molecule has 0 radical (unpaired) electrons. The van der Waals surface area contributed by atoms with E-state index in [9.17, 15) is 14.4 Å². The minimum atomic E-state index is -0.993. The number of imidazole rings is 1. The number of imide groups is 1. The minimum Gasteiger partial charge on any atom is -0.342 e. The van der Waals surface area contributed by atoms with Crippen LogP contribution < -0.4 is 4.90 Å². The molecule has 0 saturated carbocycles. The van der Waals surface area contributed by atoms with Crippen LogP contribution in [0.25, 0.3) is 11.0 Å². The van der Waals surface area contributed by atoms with Crippen LogP contribution in [0.5, 0.6) is 0 Å². The van der Waals surface area contributed by atoms with E-state index in [4.69, 9.17) is 4.98 Å². The maximum Gasteiger partial charge on any atom is 0.349 e. The van der Waals surface area contributed by atoms with E-state index < -0.39 is 17.9 Å². The smallest absolute Gasteiger partial charge is 0.342 e. The van der Waals surface area contributed by atoms with E-state index in [0.29, 0.717) is 24.9 Å². The van der Waals surface area contributed by atoms with Crippen LogP contribution in [0.4, 0.5) is 10.7 Å². The summed E-state index contributed by atoms with van der Waals surface area (Å²) in [6.07, 6.45) is 1.19. The second kappa shape index (κ2) is 6.40. The molecule has 0 bridgehead atoms. The number of likely N-dealkylation sites (tertiary alicyclic amines) is 1. The van der Waals surface area contributed by atoms with Crippen molar-refractivity contribution >= 4 is 41.0 Å². The van der Waals surface area contributed by atoms with Crippen molar-refractivity contribution in [3.63, 3.8) is 0 Å². The van der Waals surface area contributed by atoms with Gasteiger partial charge in [0.1, 0.15) is 0 Å². The van der Waals surface area contributed by atoms with E-state index in [1.54, 1.807) is 4.90 Å². The Hall–Kier alpha value is -3.23. The van der Waals surface area contributed by atoms with Gasteiger partial charge in [0.25, 0.3) is 0 Å². The quantitative estimate of drug-likeness (QED) is 0.701. The van der Waals surface area contributed by atoms with Gasteiger partial charge >= 0.3 is 6.03 Å². The number of rotatable bonds is 2. The zero-order chi connectivity index (χ0) is 20.3. The molecule has 0 spiro atoms. The highest BCUT2D eigenvalue weighted by Crippen LogP contribution is 2.35. The van der Waals surface area contributed by atoms with E-state index in [-0.39, 0.29) is 5.91 Å². The molecule has 0 N–H and O–H groups in total. The largest absolute Gasteiger partial charge is 0.349 e. The zero-order valence-corrected chi connectivity index (χ0v) is 16.4. The Bertz CT molecular complexity index is 1050. The maximum absolute atomic E-state index is 12.9. The fourth-order valence-electron chi connectivity index (χ4n) is 4.71. The van der Waals surface area contributed by atoms with Crippen molar-refractivity contribution in [2.24, 2.45) is 29.8 Å². The summed E-state index contributed by atoms with van der Waals surface area (Å²) < 4.78 is 2.11. The van der Waals surface area contributed by atoms with Crippen LogP contribution in [-0.4, -0.2) is 76.6 Å². The predicted molar refractivity (Wildman–Crippen MR) is 107 cm³/mol. The Kier molecular flexibility index (Phi) is 3.94. The first-order chi connectivity index (χ1) is 13.9. The van der Waals surface area contributed by atoms with E-state index in [1.165, 1.54) is 13.3 Å². The van der Waals surface area contributed by atoms with Gasteiger partial charge in [0.05, 0.1) is 11.0 Å². The van der Waals surface area contributed by atoms with E-state index in [0.717, 1.165) is 35.0 Å². The van der Waals surface area contributed by atoms with Gasteiger partial charge in [-0.2, -0.15) is 0 Å². The molecule has 2 aromatic rings. The molecule has 1 aromatic heterocycles. The number of benzene rings is 1. The monoisotopic (exact) mass is 394 g/mol. The summed E-state index contributed by atoms with van der Waals surface area (Å²) in [5.41, 5.74) is 2.08. The van der Waals surface area contributed by atoms with Crippen LogP contribution >= 0.6 is 0 Å². The number of aromatic nitrogens is 2. The summed E-state index contributed by atoms with van der Waals surface area (Å²) in [5, 5.41) is 0. The number of hydrogen-bond acceptors (Lipinski definition) is 5. The summed E-state index contributed by atoms with van der Waals surface area (Å²) in [6, 6.07) is 7.45. The third-order valence-electron chi connectivity index (χ3n) is 6.33. The Labute approximate surface area is 167 Å². The molecule has 1 aromatic carbocycles. The highest BCUT2D eigenvalue weighted by Gasteiger charge is 2.45. The summed E-state index contributed by atoms with van der Waals surface area (Å²) >= 11 is 0. The number of aliphatic imine (C=N–C) groups is 1. The number of aryl methyl sites for hydroxylation is 1. The van der Waals surface area contributed by atoms with E-state index >= 15 is 0 Å². The van der Waals surface area contributed by atoms with Crippen molar-refractivity contribution in [2.75, 3.05) is 38.1 Å². The van der Waals surface area contributed by atoms with Crippen molar-refractivity contribution < 1.29 is 14.4 Å². The molecule has 150 valence electrons. The standard InChI is InChI=1S/C20H22N6O3/c1-23-16-6-4-3-5-15(16)22-19(23)26-10-12-8-25(9-13(12)11-26)18(28)14-7-21-20(29)24(2)17(14)27/h3-7,12-14H,8-11H2,1-2H3. The lowest BCUT2D eigenvalue weighted by molar-refractivity contribution is -0.141. The van der Waals surface area contributed by atoms with Crippen LogP contribution in [0.2, 0.25) is 0 Å². The lowest BCUT2D eigenvalue weighted by Crippen LogP contribution is -2.48. The fraction of sp³-hybridized carbons (Fsp3) is 0.450. The molecule has 2 saturated heterocycles. The second-order valence-corrected chi connectivity index (χ2v) is 8.06. The molecule has 3 atom stereocenters. The fourth-order valence-corrected chi connectivity index (χ4v) is 4.71. The number of carbonyl (C=O) groups is 3. The highest BCUT2D eigenvalue weighted by atomic mass is 16.2. The maximum atomic E-state index is 12.9. The Morgan fingerprint density at radius 2 is 1.72 bits per heavy atom. The van der Waals surface area contributed by atoms with Crippen molar-refractivity contribution in [3.05, 3.63) is 24.3 Å². The third-order valence-corrected chi connectivity index (χ3v) is 6.33. The minimum absolute atomic E-state index is 0.262. The summed E-state index contributed by atoms with van der Waals surface area (Å²) in [4.78, 5) is 50.0. The number of amides is 4. The lowest BCUT2D eigenvalue weighted by Gasteiger charge is -2.27. The first-order valence-electron chi connectivity index (χ1n) is 9.75.